The average molecular weight is 973 g/mol. The van der Waals surface area contributed by atoms with Crippen LogP contribution in [0.4, 0.5) is 0 Å². The van der Waals surface area contributed by atoms with Gasteiger partial charge in [-0.05, 0) is 31.4 Å². The number of carboxylic acids is 3. The molecule has 327 valence electrons. The van der Waals surface area contributed by atoms with Crippen molar-refractivity contribution in [3.05, 3.63) is 29.6 Å². The second-order valence-electron chi connectivity index (χ2n) is 13.7. The van der Waals surface area contributed by atoms with E-state index in [4.69, 9.17) is 15.3 Å². The van der Waals surface area contributed by atoms with E-state index >= 15 is 0 Å². The molecule has 1 aliphatic rings. The number of rotatable bonds is 24. The second kappa shape index (κ2) is 28.4. The van der Waals surface area contributed by atoms with Gasteiger partial charge >= 0.3 is 57.8 Å². The number of hydrogen-bond donors (Lipinski definition) is 12. The van der Waals surface area contributed by atoms with Crippen LogP contribution in [-0.4, -0.2) is 203 Å². The molecule has 0 aromatic carbocycles. The zero-order chi connectivity index (χ0) is 42.5. The smallest absolute Gasteiger partial charge is 0.480 e. The van der Waals surface area contributed by atoms with E-state index in [1.807, 2.05) is 0 Å². The van der Waals surface area contributed by atoms with E-state index < -0.39 is 91.9 Å². The molecule has 0 saturated carbocycles. The number of aliphatic hydroxyl groups excluding tert-OH is 6. The van der Waals surface area contributed by atoms with Crippen molar-refractivity contribution < 1.29 is 115 Å². The Morgan fingerprint density at radius 1 is 0.552 bits per heavy atom. The summed E-state index contributed by atoms with van der Waals surface area (Å²) in [6, 6.07) is 0.996. The summed E-state index contributed by atoms with van der Waals surface area (Å²) < 4.78 is 0. The van der Waals surface area contributed by atoms with Crippen LogP contribution in [-0.2, 0) is 41.9 Å². The van der Waals surface area contributed by atoms with Crippen LogP contribution in [0.1, 0.15) is 49.9 Å². The first-order valence-electron chi connectivity index (χ1n) is 18.6. The third kappa shape index (κ3) is 19.8. The standard InChI is InChI=1S/C35H57N7O15.Gd/c43-19-24(46)14-36-30(49)7-4-27(33(52)53)40-10-12-41(28(34(54)55)5-8-31(50)37-15-25(47)20-44)17-22-2-1-3-23(39-22)18-42(13-11-40)29(35(56)57)6-9-32(51)38-16-26(48)21-45;/h1-3,24-29,43-48H,4-21H2,(H,36,49)(H,37,50)(H,38,51)(H,52,53)(H,54,55)(H,56,57);/q;+3/t24?,25?,26?,27-,28-,29?;/m0./s1. The SMILES string of the molecule is O=C(CCC(C(=O)O)N1CCN([C@@H](CCC(=O)NCC(O)CO)C(=O)O)CCN([C@@H](CCC(=O)NCC(O)CO)C(=O)O)Cc2cccc(n2)C1)NCC(O)CO.[Gd+3]. The Bertz CT molecular complexity index is 1390. The summed E-state index contributed by atoms with van der Waals surface area (Å²) in [7, 11) is 0. The van der Waals surface area contributed by atoms with Gasteiger partial charge in [0.2, 0.25) is 17.7 Å². The maximum absolute atomic E-state index is 12.8. The molecule has 2 heterocycles. The molecular weight excluding hydrogens is 916 g/mol. The summed E-state index contributed by atoms with van der Waals surface area (Å²) in [5, 5.41) is 94.1. The number of aromatic nitrogens is 1. The Labute approximate surface area is 367 Å². The zero-order valence-corrected chi connectivity index (χ0v) is 34.3. The summed E-state index contributed by atoms with van der Waals surface area (Å²) in [6.07, 6.45) is -5.14. The van der Waals surface area contributed by atoms with Crippen molar-refractivity contribution in [1.82, 2.24) is 35.6 Å². The zero-order valence-electron chi connectivity index (χ0n) is 32.0. The summed E-state index contributed by atoms with van der Waals surface area (Å²) in [5.74, 6) is -5.65. The molecule has 58 heavy (non-hydrogen) atoms. The van der Waals surface area contributed by atoms with Crippen molar-refractivity contribution in [2.45, 2.75) is 88.1 Å². The van der Waals surface area contributed by atoms with Crippen LogP contribution >= 0.6 is 0 Å². The van der Waals surface area contributed by atoms with Crippen molar-refractivity contribution in [1.29, 1.82) is 0 Å². The van der Waals surface area contributed by atoms with Crippen LogP contribution in [0.3, 0.4) is 0 Å². The topological polar surface area (TPSA) is 343 Å². The number of aliphatic carboxylic acids is 3. The molecule has 0 spiro atoms. The first-order chi connectivity index (χ1) is 27.1. The van der Waals surface area contributed by atoms with Crippen molar-refractivity contribution >= 4 is 35.6 Å². The molecule has 1 aromatic heterocycles. The molecular formula is C35H57GdN7O15+3. The first-order valence-corrected chi connectivity index (χ1v) is 18.6. The number of carbonyl (C=O) groups is 6. The molecule has 22 nitrogen and oxygen atoms in total. The fourth-order valence-corrected chi connectivity index (χ4v) is 6.09. The minimum absolute atomic E-state index is 0. The van der Waals surface area contributed by atoms with Crippen LogP contribution in [0.2, 0.25) is 0 Å². The van der Waals surface area contributed by atoms with Crippen molar-refractivity contribution in [3.8, 4) is 0 Å². The molecule has 1 aliphatic heterocycles. The number of nitrogens with one attached hydrogen (secondary N) is 3. The quantitative estimate of drug-likeness (QED) is 0.0462. The van der Waals surface area contributed by atoms with Crippen LogP contribution in [0.25, 0.3) is 0 Å². The predicted octanol–water partition coefficient (Wildman–Crippen LogP) is -4.89. The van der Waals surface area contributed by atoms with Gasteiger partial charge in [0.1, 0.15) is 18.1 Å². The number of carboxylic acid groups (broad SMARTS) is 3. The van der Waals surface area contributed by atoms with Gasteiger partial charge in [0.15, 0.2) is 0 Å². The van der Waals surface area contributed by atoms with Crippen LogP contribution in [0, 0.1) is 39.9 Å². The third-order valence-corrected chi connectivity index (χ3v) is 9.29. The fraction of sp³-hybridized carbons (Fsp3) is 0.686. The van der Waals surface area contributed by atoms with E-state index in [1.165, 1.54) is 14.7 Å². The Hall–Kier alpha value is -3.07. The predicted molar refractivity (Wildman–Crippen MR) is 197 cm³/mol. The monoisotopic (exact) mass is 973 g/mol. The van der Waals surface area contributed by atoms with Crippen molar-refractivity contribution in [2.24, 2.45) is 0 Å². The number of hydrogen-bond acceptors (Lipinski definition) is 16. The summed E-state index contributed by atoms with van der Waals surface area (Å²) in [5.41, 5.74) is 0.762. The molecule has 1 aromatic rings. The molecule has 1 radical (unpaired) electrons. The summed E-state index contributed by atoms with van der Waals surface area (Å²) in [6.45, 7) is -3.13. The van der Waals surface area contributed by atoms with Crippen LogP contribution in [0.5, 0.6) is 0 Å². The van der Waals surface area contributed by atoms with Gasteiger partial charge in [-0.15, -0.1) is 0 Å². The van der Waals surface area contributed by atoms with E-state index in [0.717, 1.165) is 0 Å². The number of nitrogens with zero attached hydrogens (tertiary/aromatic N) is 4. The number of pyridine rings is 1. The fourth-order valence-electron chi connectivity index (χ4n) is 6.09. The molecule has 3 amide bonds. The van der Waals surface area contributed by atoms with E-state index in [0.29, 0.717) is 11.4 Å². The van der Waals surface area contributed by atoms with Gasteiger partial charge in [0, 0.05) is 78.2 Å². The van der Waals surface area contributed by atoms with Gasteiger partial charge in [-0.25, -0.2) is 0 Å². The second-order valence-corrected chi connectivity index (χ2v) is 13.7. The number of aliphatic hydroxyl groups is 6. The van der Waals surface area contributed by atoms with Crippen LogP contribution in [0.15, 0.2) is 18.2 Å². The molecule has 2 bridgehead atoms. The minimum atomic E-state index is -1.35. The average Bonchev–Trinajstić information content (AvgIpc) is 3.17. The molecule has 2 rings (SSSR count). The van der Waals surface area contributed by atoms with Crippen molar-refractivity contribution in [2.75, 3.05) is 65.6 Å². The minimum Gasteiger partial charge on any atom is -0.480 e. The Balaban J connectivity index is 0.0000168. The Morgan fingerprint density at radius 3 is 1.14 bits per heavy atom. The summed E-state index contributed by atoms with van der Waals surface area (Å²) >= 11 is 0. The van der Waals surface area contributed by atoms with Gasteiger partial charge < -0.3 is 61.9 Å². The normalized spacial score (nSPS) is 17.4. The molecule has 0 aliphatic carbocycles. The number of amides is 3. The maximum atomic E-state index is 12.8. The van der Waals surface area contributed by atoms with E-state index in [2.05, 4.69) is 20.9 Å². The van der Waals surface area contributed by atoms with Gasteiger partial charge in [0.25, 0.3) is 0 Å². The Kier molecular flexibility index (Phi) is 25.9. The molecule has 0 saturated heterocycles. The van der Waals surface area contributed by atoms with Crippen LogP contribution < -0.4 is 16.0 Å². The largest absolute Gasteiger partial charge is 3.00 e. The molecule has 6 atom stereocenters. The van der Waals surface area contributed by atoms with Gasteiger partial charge in [-0.2, -0.15) is 0 Å². The first kappa shape index (κ1) is 53.0. The molecule has 0 fully saturated rings. The van der Waals surface area contributed by atoms with Gasteiger partial charge in [0.05, 0.1) is 49.5 Å². The maximum Gasteiger partial charge on any atom is 3.00 e. The molecule has 4 unspecified atom stereocenters. The molecule has 12 N–H and O–H groups in total. The Morgan fingerprint density at radius 2 is 0.845 bits per heavy atom. The number of carbonyl (C=O) groups excluding carboxylic acids is 3. The van der Waals surface area contributed by atoms with Gasteiger partial charge in [-0.3, -0.25) is 48.5 Å². The van der Waals surface area contributed by atoms with E-state index in [1.54, 1.807) is 18.2 Å². The van der Waals surface area contributed by atoms with Crippen molar-refractivity contribution in [3.63, 3.8) is 0 Å². The van der Waals surface area contributed by atoms with E-state index in [9.17, 15) is 59.4 Å². The molecule has 23 heteroatoms. The van der Waals surface area contributed by atoms with Gasteiger partial charge in [-0.1, -0.05) is 6.07 Å². The van der Waals surface area contributed by atoms with E-state index in [-0.39, 0.29) is 137 Å². The number of fused-ring (bicyclic) bond motifs is 2. The third-order valence-electron chi connectivity index (χ3n) is 9.29. The summed E-state index contributed by atoms with van der Waals surface area (Å²) in [4.78, 5) is 84.9.